The summed E-state index contributed by atoms with van der Waals surface area (Å²) in [6, 6.07) is 5.15. The average molecular weight is 297 g/mol. The Labute approximate surface area is 127 Å². The highest BCUT2D eigenvalue weighted by Gasteiger charge is 2.12. The van der Waals surface area contributed by atoms with Crippen LogP contribution in [0.25, 0.3) is 5.82 Å². The molecule has 0 radical (unpaired) electrons. The minimum absolute atomic E-state index is 0.185. The van der Waals surface area contributed by atoms with Gasteiger partial charge in [-0.2, -0.15) is 0 Å². The molecule has 6 nitrogen and oxygen atoms in total. The molecule has 0 aliphatic rings. The normalized spacial score (nSPS) is 10.6. The fraction of sp³-hybridized carbons (Fsp3) is 0.188. The molecule has 0 bridgehead atoms. The molecule has 3 rings (SSSR count). The van der Waals surface area contributed by atoms with E-state index in [2.05, 4.69) is 9.97 Å². The van der Waals surface area contributed by atoms with Crippen molar-refractivity contribution >= 4 is 5.97 Å². The predicted octanol–water partition coefficient (Wildman–Crippen LogP) is 2.83. The average Bonchev–Trinajstić information content (AvgIpc) is 3.15. The zero-order valence-electron chi connectivity index (χ0n) is 12.3. The van der Waals surface area contributed by atoms with E-state index in [9.17, 15) is 4.79 Å². The van der Waals surface area contributed by atoms with Crippen molar-refractivity contribution in [2.45, 2.75) is 20.5 Å². The van der Waals surface area contributed by atoms with Crippen LogP contribution in [0.4, 0.5) is 0 Å². The second kappa shape index (κ2) is 5.85. The van der Waals surface area contributed by atoms with E-state index in [0.29, 0.717) is 11.4 Å². The van der Waals surface area contributed by atoms with Crippen LogP contribution >= 0.6 is 0 Å². The Hall–Kier alpha value is -2.89. The number of aryl methyl sites for hydroxylation is 2. The minimum Gasteiger partial charge on any atom is -0.466 e. The lowest BCUT2D eigenvalue weighted by Gasteiger charge is -2.06. The number of hydrogen-bond acceptors (Lipinski definition) is 5. The largest absolute Gasteiger partial charge is 0.466 e. The standard InChI is InChI=1S/C16H15N3O3/c1-11-7-14(12(2)22-11)9-21-16(20)13-3-4-18-15(8-13)19-6-5-17-10-19/h3-8,10H,9H2,1-2H3. The number of imidazole rings is 1. The number of esters is 1. The molecule has 6 heteroatoms. The Morgan fingerprint density at radius 2 is 2.18 bits per heavy atom. The summed E-state index contributed by atoms with van der Waals surface area (Å²) in [5, 5.41) is 0. The van der Waals surface area contributed by atoms with Gasteiger partial charge in [0.05, 0.1) is 5.56 Å². The van der Waals surface area contributed by atoms with Crippen LogP contribution in [0.2, 0.25) is 0 Å². The second-order valence-corrected chi connectivity index (χ2v) is 4.89. The first-order chi connectivity index (χ1) is 10.6. The number of rotatable bonds is 4. The van der Waals surface area contributed by atoms with Crippen molar-refractivity contribution in [3.8, 4) is 5.82 Å². The molecular formula is C16H15N3O3. The highest BCUT2D eigenvalue weighted by molar-refractivity contribution is 5.89. The summed E-state index contributed by atoms with van der Waals surface area (Å²) >= 11 is 0. The summed E-state index contributed by atoms with van der Waals surface area (Å²) in [6.45, 7) is 3.89. The summed E-state index contributed by atoms with van der Waals surface area (Å²) in [5.74, 6) is 1.78. The van der Waals surface area contributed by atoms with Gasteiger partial charge in [-0.3, -0.25) is 4.57 Å². The molecule has 0 aliphatic heterocycles. The number of pyridine rings is 1. The van der Waals surface area contributed by atoms with Gasteiger partial charge >= 0.3 is 5.97 Å². The molecule has 0 aromatic carbocycles. The minimum atomic E-state index is -0.401. The van der Waals surface area contributed by atoms with Crippen LogP contribution in [-0.2, 0) is 11.3 Å². The van der Waals surface area contributed by atoms with Crippen molar-refractivity contribution < 1.29 is 13.9 Å². The fourth-order valence-electron chi connectivity index (χ4n) is 2.13. The molecule has 0 spiro atoms. The van der Waals surface area contributed by atoms with Crippen LogP contribution in [0.5, 0.6) is 0 Å². The summed E-state index contributed by atoms with van der Waals surface area (Å²) in [4.78, 5) is 20.3. The highest BCUT2D eigenvalue weighted by Crippen LogP contribution is 2.16. The Kier molecular flexibility index (Phi) is 3.74. The zero-order chi connectivity index (χ0) is 15.5. The van der Waals surface area contributed by atoms with E-state index in [4.69, 9.17) is 9.15 Å². The molecule has 3 aromatic rings. The van der Waals surface area contributed by atoms with Gasteiger partial charge in [0.2, 0.25) is 0 Å². The van der Waals surface area contributed by atoms with Gasteiger partial charge in [0.25, 0.3) is 0 Å². The predicted molar refractivity (Wildman–Crippen MR) is 78.7 cm³/mol. The van der Waals surface area contributed by atoms with Crippen molar-refractivity contribution in [3.05, 3.63) is 65.8 Å². The summed E-state index contributed by atoms with van der Waals surface area (Å²) in [5.41, 5.74) is 1.31. The molecule has 0 aliphatic carbocycles. The first kappa shape index (κ1) is 14.1. The Morgan fingerprint density at radius 1 is 1.32 bits per heavy atom. The van der Waals surface area contributed by atoms with Gasteiger partial charge in [-0.05, 0) is 32.0 Å². The number of furan rings is 1. The van der Waals surface area contributed by atoms with E-state index in [-0.39, 0.29) is 6.61 Å². The number of ether oxygens (including phenoxy) is 1. The molecule has 0 saturated carbocycles. The van der Waals surface area contributed by atoms with Crippen molar-refractivity contribution in [1.29, 1.82) is 0 Å². The molecule has 3 heterocycles. The van der Waals surface area contributed by atoms with Crippen LogP contribution < -0.4 is 0 Å². The quantitative estimate of drug-likeness (QED) is 0.692. The van der Waals surface area contributed by atoms with Gasteiger partial charge in [-0.25, -0.2) is 14.8 Å². The molecule has 0 atom stereocenters. The molecule has 0 unspecified atom stereocenters. The molecule has 0 N–H and O–H groups in total. The topological polar surface area (TPSA) is 70.2 Å². The van der Waals surface area contributed by atoms with Gasteiger partial charge in [0, 0.05) is 24.2 Å². The van der Waals surface area contributed by atoms with Gasteiger partial charge in [0.15, 0.2) is 0 Å². The molecule has 112 valence electrons. The Balaban J connectivity index is 1.72. The maximum absolute atomic E-state index is 12.2. The summed E-state index contributed by atoms with van der Waals surface area (Å²) in [6.07, 6.45) is 6.60. The van der Waals surface area contributed by atoms with E-state index in [1.54, 1.807) is 41.6 Å². The van der Waals surface area contributed by atoms with E-state index >= 15 is 0 Å². The van der Waals surface area contributed by atoms with Crippen LogP contribution in [0.15, 0.2) is 47.5 Å². The lowest BCUT2D eigenvalue weighted by molar-refractivity contribution is 0.0471. The van der Waals surface area contributed by atoms with E-state index in [1.807, 2.05) is 19.9 Å². The molecule has 0 amide bonds. The molecule has 0 saturated heterocycles. The van der Waals surface area contributed by atoms with Crippen LogP contribution in [-0.4, -0.2) is 20.5 Å². The zero-order valence-corrected chi connectivity index (χ0v) is 12.3. The maximum Gasteiger partial charge on any atom is 0.338 e. The monoisotopic (exact) mass is 297 g/mol. The van der Waals surface area contributed by atoms with Crippen LogP contribution in [0, 0.1) is 13.8 Å². The Bertz CT molecular complexity index is 791. The van der Waals surface area contributed by atoms with Gasteiger partial charge in [-0.1, -0.05) is 0 Å². The van der Waals surface area contributed by atoms with Crippen LogP contribution in [0.3, 0.4) is 0 Å². The van der Waals surface area contributed by atoms with Gasteiger partial charge < -0.3 is 9.15 Å². The van der Waals surface area contributed by atoms with Gasteiger partial charge in [-0.15, -0.1) is 0 Å². The van der Waals surface area contributed by atoms with Crippen molar-refractivity contribution in [1.82, 2.24) is 14.5 Å². The van der Waals surface area contributed by atoms with E-state index < -0.39 is 5.97 Å². The van der Waals surface area contributed by atoms with Crippen molar-refractivity contribution in [2.24, 2.45) is 0 Å². The lowest BCUT2D eigenvalue weighted by atomic mass is 10.2. The molecule has 3 aromatic heterocycles. The fourth-order valence-corrected chi connectivity index (χ4v) is 2.13. The molecule has 0 fully saturated rings. The lowest BCUT2D eigenvalue weighted by Crippen LogP contribution is -2.07. The summed E-state index contributed by atoms with van der Waals surface area (Å²) in [7, 11) is 0. The third-order valence-corrected chi connectivity index (χ3v) is 3.25. The second-order valence-electron chi connectivity index (χ2n) is 4.89. The SMILES string of the molecule is Cc1cc(COC(=O)c2ccnc(-n3ccnc3)c2)c(C)o1. The molecular weight excluding hydrogens is 282 g/mol. The number of carbonyl (C=O) groups excluding carboxylic acids is 1. The number of nitrogens with zero attached hydrogens (tertiary/aromatic N) is 3. The maximum atomic E-state index is 12.2. The van der Waals surface area contributed by atoms with Crippen LogP contribution in [0.1, 0.15) is 27.4 Å². The number of hydrogen-bond donors (Lipinski definition) is 0. The third-order valence-electron chi connectivity index (χ3n) is 3.25. The highest BCUT2D eigenvalue weighted by atomic mass is 16.5. The smallest absolute Gasteiger partial charge is 0.338 e. The van der Waals surface area contributed by atoms with E-state index in [0.717, 1.165) is 17.1 Å². The van der Waals surface area contributed by atoms with Crippen molar-refractivity contribution in [3.63, 3.8) is 0 Å². The first-order valence-corrected chi connectivity index (χ1v) is 6.81. The van der Waals surface area contributed by atoms with Gasteiger partial charge in [0.1, 0.15) is 30.3 Å². The molecule has 22 heavy (non-hydrogen) atoms. The summed E-state index contributed by atoms with van der Waals surface area (Å²) < 4.78 is 12.5. The number of carbonyl (C=O) groups is 1. The van der Waals surface area contributed by atoms with E-state index in [1.165, 1.54) is 0 Å². The first-order valence-electron chi connectivity index (χ1n) is 6.81. The number of aromatic nitrogens is 3. The van der Waals surface area contributed by atoms with Crippen molar-refractivity contribution in [2.75, 3.05) is 0 Å². The Morgan fingerprint density at radius 3 is 2.86 bits per heavy atom. The third kappa shape index (κ3) is 2.90.